The van der Waals surface area contributed by atoms with Crippen LogP contribution in [0.25, 0.3) is 0 Å². The van der Waals surface area contributed by atoms with Crippen LogP contribution in [0.3, 0.4) is 0 Å². The lowest BCUT2D eigenvalue weighted by Gasteiger charge is -2.03. The van der Waals surface area contributed by atoms with E-state index in [0.29, 0.717) is 11.3 Å². The number of rotatable bonds is 2. The van der Waals surface area contributed by atoms with E-state index in [0.717, 1.165) is 9.13 Å². The van der Waals surface area contributed by atoms with Gasteiger partial charge in [0.25, 0.3) is 0 Å². The molecule has 1 aromatic carbocycles. The Kier molecular flexibility index (Phi) is 3.33. The zero-order valence-electron chi connectivity index (χ0n) is 8.77. The molecule has 2 nitrogen and oxygen atoms in total. The number of nitrogens with zero attached hydrogens (tertiary/aromatic N) is 1. The van der Waals surface area contributed by atoms with E-state index >= 15 is 0 Å². The molecule has 16 heavy (non-hydrogen) atoms. The summed E-state index contributed by atoms with van der Waals surface area (Å²) in [5, 5.41) is 0. The van der Waals surface area contributed by atoms with Gasteiger partial charge in [-0.05, 0) is 59.3 Å². The minimum Gasteiger partial charge on any atom is -0.287 e. The lowest BCUT2D eigenvalue weighted by atomic mass is 10.1. The van der Waals surface area contributed by atoms with Crippen molar-refractivity contribution in [3.05, 3.63) is 63.0 Å². The Hall–Kier alpha value is -1.23. The summed E-state index contributed by atoms with van der Waals surface area (Å²) in [5.41, 5.74) is 2.26. The van der Waals surface area contributed by atoms with Gasteiger partial charge in [-0.3, -0.25) is 9.78 Å². The highest BCUT2D eigenvalue weighted by Gasteiger charge is 2.12. The molecule has 0 radical (unpaired) electrons. The molecule has 0 atom stereocenters. The molecule has 1 aromatic heterocycles. The van der Waals surface area contributed by atoms with Gasteiger partial charge in [-0.25, -0.2) is 0 Å². The Morgan fingerprint density at radius 3 is 2.69 bits per heavy atom. The fourth-order valence-corrected chi connectivity index (χ4v) is 2.08. The van der Waals surface area contributed by atoms with Crippen LogP contribution in [0.2, 0.25) is 0 Å². The van der Waals surface area contributed by atoms with Crippen molar-refractivity contribution < 1.29 is 4.79 Å². The van der Waals surface area contributed by atoms with Gasteiger partial charge in [-0.2, -0.15) is 0 Å². The van der Waals surface area contributed by atoms with Crippen molar-refractivity contribution >= 4 is 28.4 Å². The van der Waals surface area contributed by atoms with E-state index in [4.69, 9.17) is 0 Å². The molecule has 2 rings (SSSR count). The first-order valence-corrected chi connectivity index (χ1v) is 5.98. The first-order valence-electron chi connectivity index (χ1n) is 4.90. The largest absolute Gasteiger partial charge is 0.287 e. The fourth-order valence-electron chi connectivity index (χ4n) is 1.44. The van der Waals surface area contributed by atoms with E-state index in [1.165, 1.54) is 0 Å². The molecule has 0 amide bonds. The summed E-state index contributed by atoms with van der Waals surface area (Å²) in [6.45, 7) is 1.95. The first kappa shape index (κ1) is 11.3. The number of hydrogen-bond donors (Lipinski definition) is 0. The summed E-state index contributed by atoms with van der Waals surface area (Å²) in [6, 6.07) is 11.2. The molecule has 0 spiro atoms. The number of aromatic nitrogens is 1. The Balaban J connectivity index is 2.44. The van der Waals surface area contributed by atoms with E-state index in [1.807, 2.05) is 43.3 Å². The third-order valence-electron chi connectivity index (χ3n) is 2.27. The van der Waals surface area contributed by atoms with Crippen LogP contribution in [0.1, 0.15) is 21.6 Å². The van der Waals surface area contributed by atoms with Gasteiger partial charge in [0.1, 0.15) is 5.69 Å². The maximum Gasteiger partial charge on any atom is 0.212 e. The quantitative estimate of drug-likeness (QED) is 0.627. The molecule has 0 saturated heterocycles. The van der Waals surface area contributed by atoms with Crippen molar-refractivity contribution in [1.82, 2.24) is 4.98 Å². The lowest BCUT2D eigenvalue weighted by Crippen LogP contribution is -2.05. The molecule has 0 saturated carbocycles. The van der Waals surface area contributed by atoms with E-state index in [1.54, 1.807) is 6.20 Å². The van der Waals surface area contributed by atoms with Gasteiger partial charge in [-0.1, -0.05) is 12.1 Å². The second-order valence-electron chi connectivity index (χ2n) is 3.53. The summed E-state index contributed by atoms with van der Waals surface area (Å²) in [6.07, 6.45) is 1.67. The van der Waals surface area contributed by atoms with E-state index in [2.05, 4.69) is 27.6 Å². The van der Waals surface area contributed by atoms with Crippen molar-refractivity contribution in [3.63, 3.8) is 0 Å². The van der Waals surface area contributed by atoms with Crippen LogP contribution in [0, 0.1) is 10.5 Å². The van der Waals surface area contributed by atoms with Crippen LogP contribution >= 0.6 is 22.6 Å². The lowest BCUT2D eigenvalue weighted by molar-refractivity contribution is 0.103. The van der Waals surface area contributed by atoms with Crippen molar-refractivity contribution in [2.45, 2.75) is 6.92 Å². The van der Waals surface area contributed by atoms with Crippen LogP contribution < -0.4 is 0 Å². The number of aryl methyl sites for hydroxylation is 1. The third-order valence-corrected chi connectivity index (χ3v) is 3.21. The molecule has 0 fully saturated rings. The summed E-state index contributed by atoms with van der Waals surface area (Å²) in [7, 11) is 0. The van der Waals surface area contributed by atoms with Crippen LogP contribution in [-0.2, 0) is 0 Å². The Morgan fingerprint density at radius 2 is 2.00 bits per heavy atom. The number of hydrogen-bond acceptors (Lipinski definition) is 2. The van der Waals surface area contributed by atoms with E-state index in [9.17, 15) is 4.79 Å². The highest BCUT2D eigenvalue weighted by molar-refractivity contribution is 14.1. The predicted octanol–water partition coefficient (Wildman–Crippen LogP) is 3.23. The van der Waals surface area contributed by atoms with Gasteiger partial charge >= 0.3 is 0 Å². The Labute approximate surface area is 108 Å². The van der Waals surface area contributed by atoms with Crippen molar-refractivity contribution in [1.29, 1.82) is 0 Å². The molecule has 80 valence electrons. The second-order valence-corrected chi connectivity index (χ2v) is 4.69. The molecule has 0 bridgehead atoms. The smallest absolute Gasteiger partial charge is 0.212 e. The number of halogens is 1. The number of benzene rings is 1. The maximum atomic E-state index is 12.2. The van der Waals surface area contributed by atoms with Crippen LogP contribution in [0.4, 0.5) is 0 Å². The molecule has 0 unspecified atom stereocenters. The minimum atomic E-state index is -0.0197. The summed E-state index contributed by atoms with van der Waals surface area (Å²) in [4.78, 5) is 16.3. The van der Waals surface area contributed by atoms with Gasteiger partial charge in [0.2, 0.25) is 5.78 Å². The monoisotopic (exact) mass is 323 g/mol. The number of pyridine rings is 1. The fraction of sp³-hybridized carbons (Fsp3) is 0.0769. The SMILES string of the molecule is Cc1ccnc(C(=O)c2ccccc2I)c1. The predicted molar refractivity (Wildman–Crippen MR) is 71.6 cm³/mol. The van der Waals surface area contributed by atoms with Crippen molar-refractivity contribution in [2.24, 2.45) is 0 Å². The molecule has 0 aliphatic rings. The van der Waals surface area contributed by atoms with Crippen LogP contribution in [0.15, 0.2) is 42.6 Å². The number of carbonyl (C=O) groups is 1. The Morgan fingerprint density at radius 1 is 1.25 bits per heavy atom. The van der Waals surface area contributed by atoms with Gasteiger partial charge in [0.15, 0.2) is 0 Å². The number of carbonyl (C=O) groups excluding carboxylic acids is 1. The summed E-state index contributed by atoms with van der Waals surface area (Å²) in [5.74, 6) is -0.0197. The zero-order chi connectivity index (χ0) is 11.5. The van der Waals surface area contributed by atoms with Crippen LogP contribution in [-0.4, -0.2) is 10.8 Å². The minimum absolute atomic E-state index is 0.0197. The standard InChI is InChI=1S/C13H10INO/c1-9-6-7-15-12(8-9)13(16)10-4-2-3-5-11(10)14/h2-8H,1H3. The molecular weight excluding hydrogens is 313 g/mol. The normalized spacial score (nSPS) is 10.1. The van der Waals surface area contributed by atoms with Crippen LogP contribution in [0.5, 0.6) is 0 Å². The molecule has 0 aliphatic heterocycles. The van der Waals surface area contributed by atoms with E-state index < -0.39 is 0 Å². The second kappa shape index (κ2) is 4.74. The van der Waals surface area contributed by atoms with Crippen molar-refractivity contribution in [3.8, 4) is 0 Å². The van der Waals surface area contributed by atoms with Gasteiger partial charge in [0.05, 0.1) is 0 Å². The zero-order valence-corrected chi connectivity index (χ0v) is 10.9. The molecule has 2 aromatic rings. The topological polar surface area (TPSA) is 30.0 Å². The average Bonchev–Trinajstić information content (AvgIpc) is 2.29. The number of ketones is 1. The van der Waals surface area contributed by atoms with Gasteiger partial charge in [0, 0.05) is 15.3 Å². The summed E-state index contributed by atoms with van der Waals surface area (Å²) < 4.78 is 0.952. The Bertz CT molecular complexity index is 537. The molecule has 0 N–H and O–H groups in total. The molecule has 0 aliphatic carbocycles. The van der Waals surface area contributed by atoms with Crippen molar-refractivity contribution in [2.75, 3.05) is 0 Å². The summed E-state index contributed by atoms with van der Waals surface area (Å²) >= 11 is 2.16. The van der Waals surface area contributed by atoms with E-state index in [-0.39, 0.29) is 5.78 Å². The maximum absolute atomic E-state index is 12.2. The highest BCUT2D eigenvalue weighted by Crippen LogP contribution is 2.15. The third kappa shape index (κ3) is 2.29. The molecule has 3 heteroatoms. The highest BCUT2D eigenvalue weighted by atomic mass is 127. The first-order chi connectivity index (χ1) is 7.68. The van der Waals surface area contributed by atoms with Gasteiger partial charge in [-0.15, -0.1) is 0 Å². The molecule has 1 heterocycles. The van der Waals surface area contributed by atoms with Gasteiger partial charge < -0.3 is 0 Å². The average molecular weight is 323 g/mol. The molecular formula is C13H10INO.